The number of amides is 2. The molecule has 2 saturated heterocycles. The molecule has 3 heterocycles. The molecule has 3 aliphatic heterocycles. The SMILES string of the molecule is COc1ccccc1N1C(=O)C[C@H](N2CCN(Cc3ccc4c(c3)OCO4)CC2)C1=O. The van der Waals surface area contributed by atoms with Gasteiger partial charge < -0.3 is 14.2 Å². The lowest BCUT2D eigenvalue weighted by Crippen LogP contribution is -2.52. The second kappa shape index (κ2) is 8.20. The van der Waals surface area contributed by atoms with E-state index in [4.69, 9.17) is 14.2 Å². The molecular formula is C23H25N3O5. The van der Waals surface area contributed by atoms with Gasteiger partial charge in [-0.3, -0.25) is 19.4 Å². The van der Waals surface area contributed by atoms with Crippen molar-refractivity contribution in [3.05, 3.63) is 48.0 Å². The maximum absolute atomic E-state index is 13.1. The number of methoxy groups -OCH3 is 1. The van der Waals surface area contributed by atoms with Crippen molar-refractivity contribution in [2.24, 2.45) is 0 Å². The van der Waals surface area contributed by atoms with Gasteiger partial charge in [0.05, 0.1) is 25.3 Å². The Kier molecular flexibility index (Phi) is 5.25. The lowest BCUT2D eigenvalue weighted by Gasteiger charge is -2.37. The molecule has 2 fully saturated rings. The van der Waals surface area contributed by atoms with Gasteiger partial charge in [0.25, 0.3) is 5.91 Å². The highest BCUT2D eigenvalue weighted by atomic mass is 16.7. The number of ether oxygens (including phenoxy) is 3. The molecule has 5 rings (SSSR count). The molecule has 31 heavy (non-hydrogen) atoms. The molecule has 0 radical (unpaired) electrons. The second-order valence-corrected chi connectivity index (χ2v) is 7.96. The van der Waals surface area contributed by atoms with Gasteiger partial charge in [-0.1, -0.05) is 18.2 Å². The summed E-state index contributed by atoms with van der Waals surface area (Å²) in [5.41, 5.74) is 1.69. The molecule has 162 valence electrons. The van der Waals surface area contributed by atoms with E-state index in [1.165, 1.54) is 10.5 Å². The van der Waals surface area contributed by atoms with E-state index in [1.807, 2.05) is 18.2 Å². The zero-order chi connectivity index (χ0) is 21.4. The van der Waals surface area contributed by atoms with Gasteiger partial charge in [0.2, 0.25) is 12.7 Å². The predicted molar refractivity (Wildman–Crippen MR) is 113 cm³/mol. The largest absolute Gasteiger partial charge is 0.495 e. The molecule has 8 heteroatoms. The number of hydrogen-bond acceptors (Lipinski definition) is 7. The summed E-state index contributed by atoms with van der Waals surface area (Å²) in [4.78, 5) is 31.6. The van der Waals surface area contributed by atoms with Crippen LogP contribution in [0.25, 0.3) is 0 Å². The van der Waals surface area contributed by atoms with Gasteiger partial charge >= 0.3 is 0 Å². The van der Waals surface area contributed by atoms with Crippen molar-refractivity contribution < 1.29 is 23.8 Å². The Balaban J connectivity index is 1.22. The number of para-hydroxylation sites is 2. The minimum absolute atomic E-state index is 0.168. The van der Waals surface area contributed by atoms with Crippen LogP contribution in [0.3, 0.4) is 0 Å². The number of carbonyl (C=O) groups is 2. The van der Waals surface area contributed by atoms with E-state index in [0.29, 0.717) is 11.4 Å². The van der Waals surface area contributed by atoms with Gasteiger partial charge in [0.1, 0.15) is 5.75 Å². The van der Waals surface area contributed by atoms with E-state index in [9.17, 15) is 9.59 Å². The standard InChI is InChI=1S/C23H25N3O5/c1-29-19-5-3-2-4-17(19)26-22(27)13-18(23(26)28)25-10-8-24(9-11-25)14-16-6-7-20-21(12-16)31-15-30-20/h2-7,12,18H,8-11,13-15H2,1H3/t18-/m0/s1. The summed E-state index contributed by atoms with van der Waals surface area (Å²) in [7, 11) is 1.54. The Hall–Kier alpha value is -3.10. The molecule has 3 aliphatic rings. The molecule has 0 spiro atoms. The van der Waals surface area contributed by atoms with Crippen LogP contribution in [0, 0.1) is 0 Å². The molecular weight excluding hydrogens is 398 g/mol. The summed E-state index contributed by atoms with van der Waals surface area (Å²) in [6.45, 7) is 4.25. The van der Waals surface area contributed by atoms with E-state index < -0.39 is 6.04 Å². The quantitative estimate of drug-likeness (QED) is 0.680. The van der Waals surface area contributed by atoms with E-state index in [1.54, 1.807) is 25.3 Å². The smallest absolute Gasteiger partial charge is 0.251 e. The maximum Gasteiger partial charge on any atom is 0.251 e. The number of piperazine rings is 1. The van der Waals surface area contributed by atoms with Gasteiger partial charge in [0, 0.05) is 32.7 Å². The van der Waals surface area contributed by atoms with Gasteiger partial charge in [0.15, 0.2) is 11.5 Å². The van der Waals surface area contributed by atoms with Gasteiger partial charge in [-0.05, 0) is 29.8 Å². The third kappa shape index (κ3) is 3.73. The average molecular weight is 423 g/mol. The first-order chi connectivity index (χ1) is 15.1. The molecule has 1 atom stereocenters. The van der Waals surface area contributed by atoms with Gasteiger partial charge in [-0.2, -0.15) is 0 Å². The Morgan fingerprint density at radius 2 is 1.77 bits per heavy atom. The summed E-state index contributed by atoms with van der Waals surface area (Å²) < 4.78 is 16.2. The zero-order valence-corrected chi connectivity index (χ0v) is 17.5. The molecule has 0 aromatic heterocycles. The highest BCUT2D eigenvalue weighted by Gasteiger charge is 2.44. The second-order valence-electron chi connectivity index (χ2n) is 7.96. The van der Waals surface area contributed by atoms with Crippen molar-refractivity contribution in [3.8, 4) is 17.2 Å². The fraction of sp³-hybridized carbons (Fsp3) is 0.391. The van der Waals surface area contributed by atoms with E-state index in [2.05, 4.69) is 15.9 Å². The predicted octanol–water partition coefficient (Wildman–Crippen LogP) is 1.87. The monoisotopic (exact) mass is 423 g/mol. The average Bonchev–Trinajstić information content (AvgIpc) is 3.37. The normalized spacial score (nSPS) is 21.7. The van der Waals surface area contributed by atoms with Crippen molar-refractivity contribution in [2.45, 2.75) is 19.0 Å². The Morgan fingerprint density at radius 1 is 1.00 bits per heavy atom. The van der Waals surface area contributed by atoms with E-state index in [0.717, 1.165) is 44.2 Å². The number of nitrogens with zero attached hydrogens (tertiary/aromatic N) is 3. The van der Waals surface area contributed by atoms with Crippen molar-refractivity contribution in [1.29, 1.82) is 0 Å². The zero-order valence-electron chi connectivity index (χ0n) is 17.5. The minimum atomic E-state index is -0.412. The Morgan fingerprint density at radius 3 is 2.58 bits per heavy atom. The first kappa shape index (κ1) is 19.8. The number of fused-ring (bicyclic) bond motifs is 1. The van der Waals surface area contributed by atoms with Crippen LogP contribution in [-0.4, -0.2) is 67.7 Å². The lowest BCUT2D eigenvalue weighted by atomic mass is 10.1. The van der Waals surface area contributed by atoms with Crippen molar-refractivity contribution in [3.63, 3.8) is 0 Å². The molecule has 0 N–H and O–H groups in total. The summed E-state index contributed by atoms with van der Waals surface area (Å²) >= 11 is 0. The van der Waals surface area contributed by atoms with Crippen LogP contribution in [0.5, 0.6) is 17.2 Å². The summed E-state index contributed by atoms with van der Waals surface area (Å²) in [5, 5.41) is 0. The first-order valence-corrected chi connectivity index (χ1v) is 10.5. The molecule has 8 nitrogen and oxygen atoms in total. The van der Waals surface area contributed by atoms with Crippen molar-refractivity contribution >= 4 is 17.5 Å². The van der Waals surface area contributed by atoms with Gasteiger partial charge in [-0.25, -0.2) is 4.90 Å². The number of imide groups is 1. The third-order valence-corrected chi connectivity index (χ3v) is 6.14. The van der Waals surface area contributed by atoms with Crippen LogP contribution in [0.4, 0.5) is 5.69 Å². The van der Waals surface area contributed by atoms with Crippen molar-refractivity contribution in [2.75, 3.05) is 45.0 Å². The maximum atomic E-state index is 13.1. The van der Waals surface area contributed by atoms with Crippen LogP contribution in [0.1, 0.15) is 12.0 Å². The molecule has 2 aromatic carbocycles. The summed E-state index contributed by atoms with van der Waals surface area (Å²) in [6, 6.07) is 12.8. The number of hydrogen-bond donors (Lipinski definition) is 0. The molecule has 2 amide bonds. The van der Waals surface area contributed by atoms with Crippen LogP contribution >= 0.6 is 0 Å². The molecule has 0 saturated carbocycles. The molecule has 0 aliphatic carbocycles. The number of anilines is 1. The van der Waals surface area contributed by atoms with Gasteiger partial charge in [-0.15, -0.1) is 0 Å². The fourth-order valence-electron chi connectivity index (χ4n) is 4.50. The van der Waals surface area contributed by atoms with E-state index >= 15 is 0 Å². The summed E-state index contributed by atoms with van der Waals surface area (Å²) in [5.74, 6) is 1.76. The Bertz CT molecular complexity index is 1000. The fourth-order valence-corrected chi connectivity index (χ4v) is 4.50. The summed E-state index contributed by atoms with van der Waals surface area (Å²) in [6.07, 6.45) is 0.207. The van der Waals surface area contributed by atoms with Crippen molar-refractivity contribution in [1.82, 2.24) is 9.80 Å². The molecule has 0 unspecified atom stereocenters. The topological polar surface area (TPSA) is 71.6 Å². The highest BCUT2D eigenvalue weighted by molar-refractivity contribution is 6.23. The number of carbonyl (C=O) groups excluding carboxylic acids is 2. The molecule has 2 aromatic rings. The van der Waals surface area contributed by atoms with Crippen LogP contribution in [0.2, 0.25) is 0 Å². The van der Waals surface area contributed by atoms with Crippen LogP contribution < -0.4 is 19.1 Å². The number of benzene rings is 2. The third-order valence-electron chi connectivity index (χ3n) is 6.14. The van der Waals surface area contributed by atoms with E-state index in [-0.39, 0.29) is 25.0 Å². The van der Waals surface area contributed by atoms with Crippen LogP contribution in [-0.2, 0) is 16.1 Å². The minimum Gasteiger partial charge on any atom is -0.495 e. The first-order valence-electron chi connectivity index (χ1n) is 10.5. The highest BCUT2D eigenvalue weighted by Crippen LogP contribution is 2.34. The number of rotatable bonds is 5. The Labute approximate surface area is 180 Å². The lowest BCUT2D eigenvalue weighted by molar-refractivity contribution is -0.123. The van der Waals surface area contributed by atoms with Crippen LogP contribution in [0.15, 0.2) is 42.5 Å². The molecule has 0 bridgehead atoms.